The molecule has 1 saturated heterocycles. The number of amides is 1. The number of rotatable bonds is 4. The summed E-state index contributed by atoms with van der Waals surface area (Å²) in [5.74, 6) is 0.119. The van der Waals surface area contributed by atoms with Crippen molar-refractivity contribution in [1.29, 1.82) is 0 Å². The summed E-state index contributed by atoms with van der Waals surface area (Å²) in [5.41, 5.74) is 1.99. The van der Waals surface area contributed by atoms with Gasteiger partial charge in [0, 0.05) is 36.5 Å². The minimum absolute atomic E-state index is 0.0100. The number of morpholine rings is 1. The molecule has 0 saturated carbocycles. The fraction of sp³-hybridized carbons (Fsp3) is 0.500. The van der Waals surface area contributed by atoms with E-state index in [4.69, 9.17) is 9.72 Å². The highest BCUT2D eigenvalue weighted by molar-refractivity contribution is 7.15. The molecule has 3 heterocycles. The van der Waals surface area contributed by atoms with Crippen LogP contribution in [0.4, 0.5) is 5.13 Å². The fourth-order valence-corrected chi connectivity index (χ4v) is 4.46. The Morgan fingerprint density at radius 2 is 2.24 bits per heavy atom. The van der Waals surface area contributed by atoms with Gasteiger partial charge in [-0.2, -0.15) is 0 Å². The molecule has 1 aliphatic heterocycles. The summed E-state index contributed by atoms with van der Waals surface area (Å²) in [4.78, 5) is 25.2. The van der Waals surface area contributed by atoms with E-state index in [1.807, 2.05) is 18.2 Å². The lowest BCUT2D eigenvalue weighted by atomic mass is 9.90. The van der Waals surface area contributed by atoms with Crippen molar-refractivity contribution in [3.63, 3.8) is 0 Å². The first-order valence-corrected chi connectivity index (χ1v) is 9.60. The van der Waals surface area contributed by atoms with Crippen molar-refractivity contribution in [3.8, 4) is 0 Å². The summed E-state index contributed by atoms with van der Waals surface area (Å²) in [6, 6.07) is 5.74. The summed E-state index contributed by atoms with van der Waals surface area (Å²) in [6.45, 7) is 3.82. The molecule has 7 heteroatoms. The predicted molar refractivity (Wildman–Crippen MR) is 96.7 cm³/mol. The Morgan fingerprint density at radius 1 is 1.36 bits per heavy atom. The molecule has 0 radical (unpaired) electrons. The second kappa shape index (κ2) is 7.49. The molecule has 2 aromatic heterocycles. The van der Waals surface area contributed by atoms with Crippen LogP contribution in [0.1, 0.15) is 22.7 Å². The van der Waals surface area contributed by atoms with Crippen LogP contribution in [0.5, 0.6) is 0 Å². The second-order valence-electron chi connectivity index (χ2n) is 6.44. The zero-order valence-corrected chi connectivity index (χ0v) is 14.9. The lowest BCUT2D eigenvalue weighted by Gasteiger charge is -2.26. The smallest absolute Gasteiger partial charge is 0.223 e. The molecule has 1 N–H and O–H groups in total. The van der Waals surface area contributed by atoms with Gasteiger partial charge in [-0.1, -0.05) is 6.07 Å². The van der Waals surface area contributed by atoms with E-state index in [1.54, 1.807) is 17.5 Å². The molecule has 0 spiro atoms. The van der Waals surface area contributed by atoms with Crippen LogP contribution in [0.3, 0.4) is 0 Å². The standard InChI is InChI=1S/C18H22N4O2S/c23-17(20-12-14-3-1-2-6-19-14)13-4-5-16-15(11-13)21-18(25-16)22-7-9-24-10-8-22/h1-3,6,13H,4-5,7-12H2,(H,20,23). The molecule has 1 atom stereocenters. The Kier molecular flexibility index (Phi) is 4.94. The van der Waals surface area contributed by atoms with E-state index in [-0.39, 0.29) is 11.8 Å². The number of ether oxygens (including phenoxy) is 1. The zero-order chi connectivity index (χ0) is 17.1. The van der Waals surface area contributed by atoms with Crippen LogP contribution in [0.15, 0.2) is 24.4 Å². The third-order valence-electron chi connectivity index (χ3n) is 4.75. The summed E-state index contributed by atoms with van der Waals surface area (Å²) in [6.07, 6.45) is 4.33. The molecular weight excluding hydrogens is 336 g/mol. The van der Waals surface area contributed by atoms with Crippen molar-refractivity contribution in [2.75, 3.05) is 31.2 Å². The Balaban J connectivity index is 1.37. The lowest BCUT2D eigenvalue weighted by molar-refractivity contribution is -0.125. The first-order valence-electron chi connectivity index (χ1n) is 8.78. The summed E-state index contributed by atoms with van der Waals surface area (Å²) in [5, 5.41) is 4.10. The van der Waals surface area contributed by atoms with Crippen molar-refractivity contribution < 1.29 is 9.53 Å². The molecule has 2 aromatic rings. The molecule has 0 bridgehead atoms. The van der Waals surface area contributed by atoms with Crippen LogP contribution < -0.4 is 10.2 Å². The third-order valence-corrected chi connectivity index (χ3v) is 5.97. The average Bonchev–Trinajstić information content (AvgIpc) is 3.11. The molecule has 2 aliphatic rings. The minimum Gasteiger partial charge on any atom is -0.378 e. The van der Waals surface area contributed by atoms with E-state index < -0.39 is 0 Å². The normalized spacial score (nSPS) is 20.2. The number of fused-ring (bicyclic) bond motifs is 1. The number of nitrogens with zero attached hydrogens (tertiary/aromatic N) is 3. The van der Waals surface area contributed by atoms with Gasteiger partial charge in [0.15, 0.2) is 5.13 Å². The number of carbonyl (C=O) groups is 1. The average molecular weight is 358 g/mol. The Bertz CT molecular complexity index is 728. The van der Waals surface area contributed by atoms with E-state index in [0.717, 1.165) is 62.1 Å². The lowest BCUT2D eigenvalue weighted by Crippen LogP contribution is -2.36. The van der Waals surface area contributed by atoms with E-state index in [1.165, 1.54) is 4.88 Å². The van der Waals surface area contributed by atoms with Crippen molar-refractivity contribution in [1.82, 2.24) is 15.3 Å². The number of aryl methyl sites for hydroxylation is 1. The largest absolute Gasteiger partial charge is 0.378 e. The SMILES string of the molecule is O=C(NCc1ccccn1)C1CCc2sc(N3CCOCC3)nc2C1. The van der Waals surface area contributed by atoms with Crippen LogP contribution in [0.2, 0.25) is 0 Å². The molecule has 6 nitrogen and oxygen atoms in total. The maximum Gasteiger partial charge on any atom is 0.223 e. The van der Waals surface area contributed by atoms with Crippen molar-refractivity contribution in [3.05, 3.63) is 40.7 Å². The number of nitrogens with one attached hydrogen (secondary N) is 1. The number of carbonyl (C=O) groups excluding carboxylic acids is 1. The highest BCUT2D eigenvalue weighted by Gasteiger charge is 2.28. The van der Waals surface area contributed by atoms with Gasteiger partial charge in [-0.15, -0.1) is 11.3 Å². The molecule has 25 heavy (non-hydrogen) atoms. The predicted octanol–water partition coefficient (Wildman–Crippen LogP) is 1.80. The van der Waals surface area contributed by atoms with E-state index in [2.05, 4.69) is 15.2 Å². The quantitative estimate of drug-likeness (QED) is 0.903. The van der Waals surface area contributed by atoms with Gasteiger partial charge >= 0.3 is 0 Å². The van der Waals surface area contributed by atoms with Crippen LogP contribution in [0, 0.1) is 5.92 Å². The minimum atomic E-state index is 0.0100. The number of anilines is 1. The van der Waals surface area contributed by atoms with Gasteiger partial charge in [0.05, 0.1) is 31.1 Å². The van der Waals surface area contributed by atoms with Crippen molar-refractivity contribution >= 4 is 22.4 Å². The molecular formula is C18H22N4O2S. The van der Waals surface area contributed by atoms with Gasteiger partial charge in [-0.25, -0.2) is 4.98 Å². The molecule has 1 aliphatic carbocycles. The van der Waals surface area contributed by atoms with E-state index in [9.17, 15) is 4.79 Å². The third kappa shape index (κ3) is 3.82. The number of thiazole rings is 1. The van der Waals surface area contributed by atoms with E-state index in [0.29, 0.717) is 6.54 Å². The van der Waals surface area contributed by atoms with Gasteiger partial charge in [0.1, 0.15) is 0 Å². The van der Waals surface area contributed by atoms with Crippen LogP contribution >= 0.6 is 11.3 Å². The molecule has 132 valence electrons. The number of aromatic nitrogens is 2. The van der Waals surface area contributed by atoms with Crippen LogP contribution in [0.25, 0.3) is 0 Å². The van der Waals surface area contributed by atoms with Gasteiger partial charge in [-0.05, 0) is 25.0 Å². The Labute approximate surface area is 151 Å². The summed E-state index contributed by atoms with van der Waals surface area (Å²) >= 11 is 1.78. The highest BCUT2D eigenvalue weighted by atomic mass is 32.1. The monoisotopic (exact) mass is 358 g/mol. The molecule has 1 unspecified atom stereocenters. The maximum atomic E-state index is 12.5. The van der Waals surface area contributed by atoms with Gasteiger partial charge in [0.25, 0.3) is 0 Å². The van der Waals surface area contributed by atoms with Gasteiger partial charge in [-0.3, -0.25) is 9.78 Å². The van der Waals surface area contributed by atoms with Crippen LogP contribution in [-0.4, -0.2) is 42.2 Å². The topological polar surface area (TPSA) is 67.4 Å². The zero-order valence-electron chi connectivity index (χ0n) is 14.1. The van der Waals surface area contributed by atoms with Crippen LogP contribution in [-0.2, 0) is 28.9 Å². The van der Waals surface area contributed by atoms with Crippen molar-refractivity contribution in [2.45, 2.75) is 25.8 Å². The first kappa shape index (κ1) is 16.5. The second-order valence-corrected chi connectivity index (χ2v) is 7.51. The first-order chi connectivity index (χ1) is 12.3. The van der Waals surface area contributed by atoms with E-state index >= 15 is 0 Å². The molecule has 1 amide bonds. The Hall–Kier alpha value is -1.99. The number of hydrogen-bond acceptors (Lipinski definition) is 6. The fourth-order valence-electron chi connectivity index (χ4n) is 3.30. The van der Waals surface area contributed by atoms with Crippen molar-refractivity contribution in [2.24, 2.45) is 5.92 Å². The molecule has 1 fully saturated rings. The number of hydrogen-bond donors (Lipinski definition) is 1. The molecule has 4 rings (SSSR count). The van der Waals surface area contributed by atoms with Gasteiger partial charge < -0.3 is 15.0 Å². The Morgan fingerprint density at radius 3 is 3.04 bits per heavy atom. The highest BCUT2D eigenvalue weighted by Crippen LogP contribution is 2.34. The van der Waals surface area contributed by atoms with Gasteiger partial charge in [0.2, 0.25) is 5.91 Å². The maximum absolute atomic E-state index is 12.5. The summed E-state index contributed by atoms with van der Waals surface area (Å²) in [7, 11) is 0. The summed E-state index contributed by atoms with van der Waals surface area (Å²) < 4.78 is 5.41. The molecule has 0 aromatic carbocycles. The number of pyridine rings is 1.